The first-order valence-corrected chi connectivity index (χ1v) is 7.69. The Morgan fingerprint density at radius 3 is 2.81 bits per heavy atom. The number of nitrogens with zero attached hydrogens (tertiary/aromatic N) is 3. The highest BCUT2D eigenvalue weighted by molar-refractivity contribution is 5.80. The standard InChI is InChI=1S/C15H21N3O3/c1-2-17-12(8-9-16-17)14-11(15(20)21)4-3-5-13(19)18(14)10-6-7-10/h8-11,14H,2-7H2,1H3,(H,20,21). The van der Waals surface area contributed by atoms with Crippen LogP contribution in [0.5, 0.6) is 0 Å². The maximum Gasteiger partial charge on any atom is 0.309 e. The average molecular weight is 291 g/mol. The molecule has 6 heteroatoms. The summed E-state index contributed by atoms with van der Waals surface area (Å²) in [5.41, 5.74) is 0.854. The highest BCUT2D eigenvalue weighted by Crippen LogP contribution is 2.42. The van der Waals surface area contributed by atoms with E-state index in [4.69, 9.17) is 0 Å². The van der Waals surface area contributed by atoms with Gasteiger partial charge in [-0.05, 0) is 38.7 Å². The molecule has 0 radical (unpaired) electrons. The molecular weight excluding hydrogens is 270 g/mol. The van der Waals surface area contributed by atoms with Gasteiger partial charge in [0.05, 0.1) is 17.7 Å². The number of carboxylic acid groups (broad SMARTS) is 1. The lowest BCUT2D eigenvalue weighted by molar-refractivity contribution is -0.146. The Morgan fingerprint density at radius 1 is 1.43 bits per heavy atom. The summed E-state index contributed by atoms with van der Waals surface area (Å²) in [4.78, 5) is 26.1. The lowest BCUT2D eigenvalue weighted by Gasteiger charge is -2.34. The van der Waals surface area contributed by atoms with Crippen LogP contribution < -0.4 is 0 Å². The minimum atomic E-state index is -0.816. The quantitative estimate of drug-likeness (QED) is 0.918. The lowest BCUT2D eigenvalue weighted by Crippen LogP contribution is -2.41. The largest absolute Gasteiger partial charge is 0.481 e. The Hall–Kier alpha value is -1.85. The predicted octanol–water partition coefficient (Wildman–Crippen LogP) is 1.82. The molecule has 1 aliphatic heterocycles. The topological polar surface area (TPSA) is 75.4 Å². The van der Waals surface area contributed by atoms with Crippen LogP contribution in [0.15, 0.2) is 12.3 Å². The van der Waals surface area contributed by atoms with Gasteiger partial charge in [-0.2, -0.15) is 5.10 Å². The average Bonchev–Trinajstić information content (AvgIpc) is 3.19. The fourth-order valence-electron chi connectivity index (χ4n) is 3.36. The van der Waals surface area contributed by atoms with E-state index in [0.29, 0.717) is 25.8 Å². The van der Waals surface area contributed by atoms with Crippen molar-refractivity contribution < 1.29 is 14.7 Å². The van der Waals surface area contributed by atoms with E-state index >= 15 is 0 Å². The number of rotatable bonds is 4. The summed E-state index contributed by atoms with van der Waals surface area (Å²) in [5.74, 6) is -1.27. The molecule has 6 nitrogen and oxygen atoms in total. The molecule has 2 aliphatic rings. The van der Waals surface area contributed by atoms with Crippen molar-refractivity contribution in [2.45, 2.75) is 57.7 Å². The molecule has 3 rings (SSSR count). The summed E-state index contributed by atoms with van der Waals surface area (Å²) < 4.78 is 1.81. The third-order valence-electron chi connectivity index (χ3n) is 4.48. The molecule has 21 heavy (non-hydrogen) atoms. The van der Waals surface area contributed by atoms with Gasteiger partial charge in [-0.25, -0.2) is 0 Å². The van der Waals surface area contributed by atoms with Crippen LogP contribution in [0.2, 0.25) is 0 Å². The van der Waals surface area contributed by atoms with Crippen LogP contribution >= 0.6 is 0 Å². The van der Waals surface area contributed by atoms with Gasteiger partial charge in [0.15, 0.2) is 0 Å². The molecule has 2 unspecified atom stereocenters. The molecule has 1 saturated heterocycles. The third-order valence-corrected chi connectivity index (χ3v) is 4.48. The molecule has 0 bridgehead atoms. The van der Waals surface area contributed by atoms with Gasteiger partial charge in [0, 0.05) is 25.2 Å². The predicted molar refractivity (Wildman–Crippen MR) is 75.5 cm³/mol. The van der Waals surface area contributed by atoms with Crippen LogP contribution in [-0.4, -0.2) is 37.7 Å². The van der Waals surface area contributed by atoms with Gasteiger partial charge in [0.2, 0.25) is 5.91 Å². The Balaban J connectivity index is 2.05. The Morgan fingerprint density at radius 2 is 2.19 bits per heavy atom. The fraction of sp³-hybridized carbons (Fsp3) is 0.667. The van der Waals surface area contributed by atoms with E-state index in [1.54, 1.807) is 6.20 Å². The Kier molecular flexibility index (Phi) is 3.69. The number of hydrogen-bond donors (Lipinski definition) is 1. The monoisotopic (exact) mass is 291 g/mol. The van der Waals surface area contributed by atoms with E-state index in [2.05, 4.69) is 5.10 Å². The first kappa shape index (κ1) is 14.1. The summed E-state index contributed by atoms with van der Waals surface area (Å²) >= 11 is 0. The molecular formula is C15H21N3O3. The summed E-state index contributed by atoms with van der Waals surface area (Å²) in [7, 11) is 0. The number of carbonyl (C=O) groups excluding carboxylic acids is 1. The number of carbonyl (C=O) groups is 2. The van der Waals surface area contributed by atoms with Crippen LogP contribution in [0.4, 0.5) is 0 Å². The minimum Gasteiger partial charge on any atom is -0.481 e. The first-order valence-electron chi connectivity index (χ1n) is 7.69. The number of likely N-dealkylation sites (tertiary alicyclic amines) is 1. The van der Waals surface area contributed by atoms with Crippen LogP contribution in [0.3, 0.4) is 0 Å². The molecule has 0 spiro atoms. The molecule has 1 aromatic heterocycles. The normalized spacial score (nSPS) is 26.7. The summed E-state index contributed by atoms with van der Waals surface area (Å²) in [6.07, 6.45) is 5.30. The molecule has 1 aliphatic carbocycles. The van der Waals surface area contributed by atoms with Crippen molar-refractivity contribution in [3.63, 3.8) is 0 Å². The number of amides is 1. The van der Waals surface area contributed by atoms with Crippen molar-refractivity contribution >= 4 is 11.9 Å². The highest BCUT2D eigenvalue weighted by Gasteiger charge is 2.45. The van der Waals surface area contributed by atoms with Gasteiger partial charge in [-0.3, -0.25) is 14.3 Å². The summed E-state index contributed by atoms with van der Waals surface area (Å²) in [6, 6.07) is 1.69. The molecule has 114 valence electrons. The van der Waals surface area contributed by atoms with E-state index in [1.165, 1.54) is 0 Å². The molecule has 1 aromatic rings. The van der Waals surface area contributed by atoms with Crippen LogP contribution in [-0.2, 0) is 16.1 Å². The highest BCUT2D eigenvalue weighted by atomic mass is 16.4. The van der Waals surface area contributed by atoms with E-state index < -0.39 is 11.9 Å². The molecule has 2 heterocycles. The fourth-order valence-corrected chi connectivity index (χ4v) is 3.36. The molecule has 2 atom stereocenters. The van der Waals surface area contributed by atoms with Crippen LogP contribution in [0, 0.1) is 5.92 Å². The number of aryl methyl sites for hydroxylation is 1. The molecule has 2 fully saturated rings. The maximum atomic E-state index is 12.5. The van der Waals surface area contributed by atoms with Crippen molar-refractivity contribution in [3.05, 3.63) is 18.0 Å². The second kappa shape index (κ2) is 5.50. The zero-order valence-corrected chi connectivity index (χ0v) is 12.2. The van der Waals surface area contributed by atoms with E-state index in [1.807, 2.05) is 22.6 Å². The minimum absolute atomic E-state index is 0.0927. The van der Waals surface area contributed by atoms with Gasteiger partial charge in [-0.15, -0.1) is 0 Å². The maximum absolute atomic E-state index is 12.5. The van der Waals surface area contributed by atoms with Crippen molar-refractivity contribution in [1.29, 1.82) is 0 Å². The summed E-state index contributed by atoms with van der Waals surface area (Å²) in [6.45, 7) is 2.66. The summed E-state index contributed by atoms with van der Waals surface area (Å²) in [5, 5.41) is 13.9. The lowest BCUT2D eigenvalue weighted by atomic mass is 9.92. The van der Waals surface area contributed by atoms with Gasteiger partial charge < -0.3 is 10.0 Å². The number of aliphatic carboxylic acids is 1. The first-order chi connectivity index (χ1) is 10.1. The molecule has 1 N–H and O–H groups in total. The molecule has 0 aromatic carbocycles. The van der Waals surface area contributed by atoms with Crippen LogP contribution in [0.25, 0.3) is 0 Å². The van der Waals surface area contributed by atoms with Gasteiger partial charge in [0.1, 0.15) is 0 Å². The van der Waals surface area contributed by atoms with E-state index in [0.717, 1.165) is 18.5 Å². The SMILES string of the molecule is CCn1nccc1C1C(C(=O)O)CCCC(=O)N1C1CC1. The molecule has 1 saturated carbocycles. The number of carboxylic acids is 1. The van der Waals surface area contributed by atoms with Crippen molar-refractivity contribution in [2.24, 2.45) is 5.92 Å². The van der Waals surface area contributed by atoms with Gasteiger partial charge in [-0.1, -0.05) is 0 Å². The zero-order chi connectivity index (χ0) is 15.0. The van der Waals surface area contributed by atoms with Crippen LogP contribution in [0.1, 0.15) is 50.8 Å². The smallest absolute Gasteiger partial charge is 0.309 e. The zero-order valence-electron chi connectivity index (χ0n) is 12.2. The van der Waals surface area contributed by atoms with Gasteiger partial charge >= 0.3 is 5.97 Å². The van der Waals surface area contributed by atoms with E-state index in [9.17, 15) is 14.7 Å². The van der Waals surface area contributed by atoms with Crippen molar-refractivity contribution in [1.82, 2.24) is 14.7 Å². The van der Waals surface area contributed by atoms with Gasteiger partial charge in [0.25, 0.3) is 0 Å². The Labute approximate surface area is 123 Å². The second-order valence-corrected chi connectivity index (χ2v) is 5.89. The van der Waals surface area contributed by atoms with Crippen molar-refractivity contribution in [3.8, 4) is 0 Å². The van der Waals surface area contributed by atoms with Crippen molar-refractivity contribution in [2.75, 3.05) is 0 Å². The number of hydrogen-bond acceptors (Lipinski definition) is 3. The molecule has 1 amide bonds. The second-order valence-electron chi connectivity index (χ2n) is 5.89. The number of aromatic nitrogens is 2. The van der Waals surface area contributed by atoms with E-state index in [-0.39, 0.29) is 18.0 Å². The third kappa shape index (κ3) is 2.54. The Bertz CT molecular complexity index is 550.